The highest BCUT2D eigenvalue weighted by molar-refractivity contribution is 6.33. The first-order chi connectivity index (χ1) is 9.86. The van der Waals surface area contributed by atoms with Crippen molar-refractivity contribution in [3.63, 3.8) is 0 Å². The van der Waals surface area contributed by atoms with E-state index in [1.54, 1.807) is 4.90 Å². The Labute approximate surface area is 132 Å². The van der Waals surface area contributed by atoms with Gasteiger partial charge in [-0.2, -0.15) is 0 Å². The number of rotatable bonds is 7. The molecule has 0 fully saturated rings. The summed E-state index contributed by atoms with van der Waals surface area (Å²) in [5.41, 5.74) is 0.307. The van der Waals surface area contributed by atoms with Crippen molar-refractivity contribution in [3.05, 3.63) is 22.7 Å². The number of carbonyl (C=O) groups excluding carboxylic acids is 1. The summed E-state index contributed by atoms with van der Waals surface area (Å²) in [7, 11) is 4.04. The first-order valence-corrected chi connectivity index (χ1v) is 7.71. The predicted octanol–water partition coefficient (Wildman–Crippen LogP) is 2.67. The van der Waals surface area contributed by atoms with Gasteiger partial charge in [-0.05, 0) is 34.0 Å². The van der Waals surface area contributed by atoms with E-state index >= 15 is 0 Å². The number of hydrogen-bond acceptors (Lipinski definition) is 4. The molecule has 0 atom stereocenters. The molecule has 0 radical (unpaired) electrons. The highest BCUT2D eigenvalue weighted by Crippen LogP contribution is 2.18. The van der Waals surface area contributed by atoms with E-state index in [2.05, 4.69) is 14.9 Å². The summed E-state index contributed by atoms with van der Waals surface area (Å²) in [6.45, 7) is 8.23. The molecule has 0 unspecified atom stereocenters. The van der Waals surface area contributed by atoms with E-state index in [0.717, 1.165) is 13.0 Å². The molecule has 0 aliphatic carbocycles. The summed E-state index contributed by atoms with van der Waals surface area (Å²) in [4.78, 5) is 25.0. The fourth-order valence-corrected chi connectivity index (χ4v) is 2.11. The van der Waals surface area contributed by atoms with Gasteiger partial charge in [0.05, 0.1) is 11.2 Å². The molecule has 5 nitrogen and oxygen atoms in total. The Morgan fingerprint density at radius 3 is 2.52 bits per heavy atom. The van der Waals surface area contributed by atoms with Crippen molar-refractivity contribution in [2.75, 3.05) is 33.7 Å². The van der Waals surface area contributed by atoms with Crippen molar-refractivity contribution in [2.24, 2.45) is 0 Å². The van der Waals surface area contributed by atoms with Crippen LogP contribution in [-0.4, -0.2) is 59.4 Å². The van der Waals surface area contributed by atoms with Gasteiger partial charge in [0.2, 0.25) is 0 Å². The van der Waals surface area contributed by atoms with Crippen molar-refractivity contribution in [3.8, 4) is 0 Å². The van der Waals surface area contributed by atoms with E-state index in [0.29, 0.717) is 29.6 Å². The Morgan fingerprint density at radius 2 is 2.00 bits per heavy atom. The lowest BCUT2D eigenvalue weighted by Crippen LogP contribution is -2.34. The van der Waals surface area contributed by atoms with Crippen molar-refractivity contribution < 1.29 is 4.79 Å². The summed E-state index contributed by atoms with van der Waals surface area (Å²) in [5.74, 6) is 0.690. The van der Waals surface area contributed by atoms with E-state index in [1.165, 1.54) is 6.20 Å². The largest absolute Gasteiger partial charge is 0.337 e. The third-order valence-electron chi connectivity index (χ3n) is 3.18. The minimum Gasteiger partial charge on any atom is -0.337 e. The number of carbonyl (C=O) groups is 1. The van der Waals surface area contributed by atoms with E-state index < -0.39 is 0 Å². The van der Waals surface area contributed by atoms with Crippen LogP contribution < -0.4 is 0 Å². The Hall–Kier alpha value is -1.20. The summed E-state index contributed by atoms with van der Waals surface area (Å²) in [6.07, 6.45) is 2.44. The maximum Gasteiger partial charge on any atom is 0.274 e. The molecule has 6 heteroatoms. The second-order valence-electron chi connectivity index (χ2n) is 5.62. The van der Waals surface area contributed by atoms with Gasteiger partial charge in [-0.15, -0.1) is 0 Å². The maximum atomic E-state index is 12.6. The van der Waals surface area contributed by atoms with Crippen molar-refractivity contribution >= 4 is 17.5 Å². The van der Waals surface area contributed by atoms with Crippen LogP contribution in [0.25, 0.3) is 0 Å². The lowest BCUT2D eigenvalue weighted by Gasteiger charge is -2.22. The van der Waals surface area contributed by atoms with E-state index in [-0.39, 0.29) is 11.8 Å². The molecule has 1 amide bonds. The smallest absolute Gasteiger partial charge is 0.274 e. The van der Waals surface area contributed by atoms with Crippen LogP contribution in [-0.2, 0) is 0 Å². The molecule has 0 aliphatic heterocycles. The zero-order chi connectivity index (χ0) is 16.0. The van der Waals surface area contributed by atoms with Gasteiger partial charge in [0.25, 0.3) is 5.91 Å². The molecule has 0 saturated carbocycles. The van der Waals surface area contributed by atoms with Crippen molar-refractivity contribution in [1.82, 2.24) is 19.8 Å². The Balaban J connectivity index is 2.86. The second-order valence-corrected chi connectivity index (χ2v) is 6.03. The van der Waals surface area contributed by atoms with Crippen LogP contribution in [0.2, 0.25) is 5.02 Å². The molecule has 0 N–H and O–H groups in total. The van der Waals surface area contributed by atoms with Gasteiger partial charge in [-0.1, -0.05) is 25.4 Å². The van der Waals surface area contributed by atoms with Crippen LogP contribution >= 0.6 is 11.6 Å². The molecule has 0 saturated heterocycles. The molecule has 1 rings (SSSR count). The van der Waals surface area contributed by atoms with Gasteiger partial charge < -0.3 is 9.80 Å². The van der Waals surface area contributed by atoms with Gasteiger partial charge in [0.1, 0.15) is 5.82 Å². The predicted molar refractivity (Wildman–Crippen MR) is 85.9 cm³/mol. The molecule has 0 aliphatic rings. The fourth-order valence-electron chi connectivity index (χ4n) is 1.94. The number of hydrogen-bond donors (Lipinski definition) is 0. The first-order valence-electron chi connectivity index (χ1n) is 7.33. The Bertz CT molecular complexity index is 477. The van der Waals surface area contributed by atoms with Crippen LogP contribution in [0.4, 0.5) is 0 Å². The summed E-state index contributed by atoms with van der Waals surface area (Å²) in [5, 5.41) is 0.315. The van der Waals surface area contributed by atoms with E-state index in [9.17, 15) is 4.79 Å². The van der Waals surface area contributed by atoms with Gasteiger partial charge in [-0.3, -0.25) is 4.79 Å². The zero-order valence-corrected chi connectivity index (χ0v) is 14.3. The van der Waals surface area contributed by atoms with Crippen LogP contribution in [0, 0.1) is 0 Å². The summed E-state index contributed by atoms with van der Waals surface area (Å²) >= 11 is 6.10. The number of amides is 1. The van der Waals surface area contributed by atoms with E-state index in [1.807, 2.05) is 34.9 Å². The normalized spacial score (nSPS) is 11.2. The molecule has 1 aromatic rings. The third kappa shape index (κ3) is 5.25. The zero-order valence-electron chi connectivity index (χ0n) is 13.6. The number of nitrogens with zero attached hydrogens (tertiary/aromatic N) is 4. The molecule has 1 aromatic heterocycles. The third-order valence-corrected chi connectivity index (χ3v) is 3.46. The summed E-state index contributed by atoms with van der Waals surface area (Å²) < 4.78 is 0. The lowest BCUT2D eigenvalue weighted by atomic mass is 10.2. The minimum absolute atomic E-state index is 0.120. The van der Waals surface area contributed by atoms with E-state index in [4.69, 9.17) is 11.6 Å². The lowest BCUT2D eigenvalue weighted by molar-refractivity contribution is 0.0753. The maximum absolute atomic E-state index is 12.6. The molecule has 1 heterocycles. The Morgan fingerprint density at radius 1 is 1.33 bits per heavy atom. The van der Waals surface area contributed by atoms with Gasteiger partial charge >= 0.3 is 0 Å². The summed E-state index contributed by atoms with van der Waals surface area (Å²) in [6, 6.07) is 0. The van der Waals surface area contributed by atoms with Crippen LogP contribution in [0.1, 0.15) is 49.4 Å². The Kier molecular flexibility index (Phi) is 7.05. The van der Waals surface area contributed by atoms with Gasteiger partial charge in [0, 0.05) is 19.0 Å². The quantitative estimate of drug-likeness (QED) is 0.776. The molecule has 21 heavy (non-hydrogen) atoms. The monoisotopic (exact) mass is 312 g/mol. The molecule has 0 bridgehead atoms. The topological polar surface area (TPSA) is 49.3 Å². The van der Waals surface area contributed by atoms with Crippen LogP contribution in [0.15, 0.2) is 6.20 Å². The van der Waals surface area contributed by atoms with Crippen molar-refractivity contribution in [1.29, 1.82) is 0 Å². The molecular formula is C15H25ClN4O. The van der Waals surface area contributed by atoms with Crippen LogP contribution in [0.3, 0.4) is 0 Å². The minimum atomic E-state index is -0.120. The van der Waals surface area contributed by atoms with Crippen LogP contribution in [0.5, 0.6) is 0 Å². The number of halogens is 1. The molecule has 118 valence electrons. The van der Waals surface area contributed by atoms with Gasteiger partial charge in [0.15, 0.2) is 5.69 Å². The second kappa shape index (κ2) is 8.29. The molecular weight excluding hydrogens is 288 g/mol. The van der Waals surface area contributed by atoms with Crippen molar-refractivity contribution in [2.45, 2.75) is 33.1 Å². The standard InChI is InChI=1S/C15H25ClN4O/c1-6-20(9-7-8-19(4)5)15(21)13-12(16)10-17-14(18-13)11(2)3/h10-11H,6-9H2,1-5H3. The van der Waals surface area contributed by atoms with Gasteiger partial charge in [-0.25, -0.2) is 9.97 Å². The molecule has 0 spiro atoms. The SMILES string of the molecule is CCN(CCCN(C)C)C(=O)c1nc(C(C)C)ncc1Cl. The average molecular weight is 313 g/mol. The highest BCUT2D eigenvalue weighted by atomic mass is 35.5. The first kappa shape index (κ1) is 17.9. The number of aromatic nitrogens is 2. The average Bonchev–Trinajstić information content (AvgIpc) is 2.43. The molecule has 0 aromatic carbocycles. The fraction of sp³-hybridized carbons (Fsp3) is 0.667. The highest BCUT2D eigenvalue weighted by Gasteiger charge is 2.20.